The predicted molar refractivity (Wildman–Crippen MR) is 154 cm³/mol. The summed E-state index contributed by atoms with van der Waals surface area (Å²) in [7, 11) is 1.81. The highest BCUT2D eigenvalue weighted by Gasteiger charge is 2.54. The number of aryl methyl sites for hydroxylation is 1. The third-order valence-electron chi connectivity index (χ3n) is 7.55. The number of fused-ring (bicyclic) bond motifs is 1. The van der Waals surface area contributed by atoms with Gasteiger partial charge in [0.05, 0.1) is 6.04 Å². The molecular formula is C28H30N7O8S+. The van der Waals surface area contributed by atoms with Gasteiger partial charge in [0, 0.05) is 34.7 Å². The largest absolute Gasteiger partial charge is 0.478 e. The number of carboxylic acid groups (broad SMARTS) is 2. The molecule has 3 aliphatic rings. The number of β-lactam (4-membered cyclic amide) rings is 1. The number of amides is 3. The highest BCUT2D eigenvalue weighted by Crippen LogP contribution is 2.43. The number of nitrogens with one attached hydrogen (secondary N) is 2. The van der Waals surface area contributed by atoms with Gasteiger partial charge in [0.15, 0.2) is 23.2 Å². The number of allylic oxidation sites excluding steroid dienone is 2. The van der Waals surface area contributed by atoms with Gasteiger partial charge in [-0.2, -0.15) is 0 Å². The van der Waals surface area contributed by atoms with Crippen molar-refractivity contribution in [3.63, 3.8) is 0 Å². The van der Waals surface area contributed by atoms with E-state index in [0.29, 0.717) is 41.7 Å². The molecule has 16 heteroatoms. The molecule has 5 heterocycles. The molecule has 3 aliphatic heterocycles. The molecule has 0 spiro atoms. The number of pyridine rings is 1. The number of aliphatic carboxylic acids is 2. The number of nitrogens with two attached hydrogens (primary N) is 1. The number of rotatable bonds is 9. The summed E-state index contributed by atoms with van der Waals surface area (Å²) >= 11 is 1.02. The van der Waals surface area contributed by atoms with Gasteiger partial charge in [-0.25, -0.2) is 19.1 Å². The summed E-state index contributed by atoms with van der Waals surface area (Å²) in [4.78, 5) is 74.1. The molecule has 2 aromatic heterocycles. The van der Waals surface area contributed by atoms with Gasteiger partial charge >= 0.3 is 11.9 Å². The first-order valence-corrected chi connectivity index (χ1v) is 14.5. The zero-order valence-corrected chi connectivity index (χ0v) is 24.8. The lowest BCUT2D eigenvalue weighted by molar-refractivity contribution is -0.671. The van der Waals surface area contributed by atoms with Gasteiger partial charge in [-0.05, 0) is 44.7 Å². The molecule has 2 aromatic rings. The zero-order chi connectivity index (χ0) is 31.9. The molecule has 0 aliphatic carbocycles. The topological polar surface area (TPSA) is 217 Å². The molecule has 2 atom stereocenters. The molecule has 2 fully saturated rings. The van der Waals surface area contributed by atoms with E-state index < -0.39 is 47.1 Å². The fourth-order valence-electron chi connectivity index (χ4n) is 5.34. The molecule has 0 bridgehead atoms. The average Bonchev–Trinajstić information content (AvgIpc) is 3.59. The number of carboxylic acids is 2. The quantitative estimate of drug-likeness (QED) is 0.0823. The number of anilines is 1. The number of carbonyl (C=O) groups excluding carboxylic acids is 3. The number of thiazole rings is 1. The normalized spacial score (nSPS) is 21.3. The van der Waals surface area contributed by atoms with Crippen LogP contribution in [0.5, 0.6) is 0 Å². The Kier molecular flexibility index (Phi) is 7.94. The minimum Gasteiger partial charge on any atom is -0.478 e. The molecule has 5 rings (SSSR count). The van der Waals surface area contributed by atoms with Crippen LogP contribution in [0.25, 0.3) is 5.57 Å². The Morgan fingerprint density at radius 3 is 2.61 bits per heavy atom. The van der Waals surface area contributed by atoms with Gasteiger partial charge in [0.2, 0.25) is 11.5 Å². The standard InChI is InChI=1S/C28H29N7O8S/c1-28(2,26(41)42)43-33-19(16-12-44-27(29)31-16)23(37)32-20-17-7-6-14(21(25(39)40)35(17)24(20)38)18(15-8-9-30-22(15)36)13-5-4-10-34(3)11-13/h4-5,10-12,17,20H,6-9H2,1-3H3,(H5-,29,30,31,32,36,37,39,40,41,42)/p+1/t17-,20+/m1/s1. The van der Waals surface area contributed by atoms with Crippen LogP contribution in [0.4, 0.5) is 5.13 Å². The maximum atomic E-state index is 13.5. The van der Waals surface area contributed by atoms with Crippen LogP contribution in [0, 0.1) is 0 Å². The third-order valence-corrected chi connectivity index (χ3v) is 8.23. The van der Waals surface area contributed by atoms with E-state index in [1.165, 1.54) is 19.2 Å². The Labute approximate surface area is 254 Å². The number of oxime groups is 1. The van der Waals surface area contributed by atoms with Crippen molar-refractivity contribution < 1.29 is 43.6 Å². The first-order chi connectivity index (χ1) is 20.8. The summed E-state index contributed by atoms with van der Waals surface area (Å²) in [6, 6.07) is 1.77. The third kappa shape index (κ3) is 5.50. The first-order valence-electron chi connectivity index (χ1n) is 13.6. The van der Waals surface area contributed by atoms with Crippen LogP contribution in [0.3, 0.4) is 0 Å². The number of aromatic nitrogens is 2. The Bertz CT molecular complexity index is 1690. The van der Waals surface area contributed by atoms with E-state index in [0.717, 1.165) is 16.2 Å². The molecule has 3 amide bonds. The van der Waals surface area contributed by atoms with Crippen molar-refractivity contribution in [2.24, 2.45) is 12.2 Å². The SMILES string of the molecule is C[n+]1cccc(C(=C2CCNC2=O)C2=C(C(=O)O)N3C(=O)[C@@H](NC(=O)C(=NOC(C)(C)C(=O)O)c4csc(N)n4)[C@H]3CC2)c1. The van der Waals surface area contributed by atoms with Crippen molar-refractivity contribution in [2.75, 3.05) is 12.3 Å². The van der Waals surface area contributed by atoms with E-state index >= 15 is 0 Å². The van der Waals surface area contributed by atoms with Gasteiger partial charge in [-0.15, -0.1) is 11.3 Å². The molecule has 44 heavy (non-hydrogen) atoms. The molecule has 0 aromatic carbocycles. The van der Waals surface area contributed by atoms with Crippen LogP contribution in [0.15, 0.2) is 51.9 Å². The number of nitrogen functional groups attached to an aromatic ring is 1. The number of hydrogen-bond acceptors (Lipinski definition) is 10. The van der Waals surface area contributed by atoms with Gasteiger partial charge in [-0.3, -0.25) is 19.3 Å². The number of hydrogen-bond donors (Lipinski definition) is 5. The minimum atomic E-state index is -1.78. The van der Waals surface area contributed by atoms with Crippen LogP contribution in [-0.2, 0) is 35.9 Å². The van der Waals surface area contributed by atoms with Crippen LogP contribution in [0.1, 0.15) is 44.4 Å². The highest BCUT2D eigenvalue weighted by molar-refractivity contribution is 7.13. The molecule has 15 nitrogen and oxygen atoms in total. The molecular weight excluding hydrogens is 594 g/mol. The molecule has 0 unspecified atom stereocenters. The Morgan fingerprint density at radius 2 is 2.02 bits per heavy atom. The monoisotopic (exact) mass is 624 g/mol. The van der Waals surface area contributed by atoms with Crippen LogP contribution in [0.2, 0.25) is 0 Å². The zero-order valence-electron chi connectivity index (χ0n) is 24.0. The summed E-state index contributed by atoms with van der Waals surface area (Å²) in [5, 5.41) is 30.4. The number of nitrogens with zero attached hydrogens (tertiary/aromatic N) is 4. The summed E-state index contributed by atoms with van der Waals surface area (Å²) in [5.74, 6) is -4.52. The molecule has 2 saturated heterocycles. The summed E-state index contributed by atoms with van der Waals surface area (Å²) in [5.41, 5.74) is 5.19. The van der Waals surface area contributed by atoms with Gasteiger partial charge in [0.1, 0.15) is 24.5 Å². The summed E-state index contributed by atoms with van der Waals surface area (Å²) < 4.78 is 1.78. The molecule has 0 saturated carbocycles. The first kappa shape index (κ1) is 30.3. The average molecular weight is 625 g/mol. The van der Waals surface area contributed by atoms with Crippen molar-refractivity contribution in [1.29, 1.82) is 0 Å². The van der Waals surface area contributed by atoms with E-state index in [9.17, 15) is 34.2 Å². The molecule has 6 N–H and O–H groups in total. The van der Waals surface area contributed by atoms with Crippen LogP contribution in [-0.4, -0.2) is 79.7 Å². The van der Waals surface area contributed by atoms with Gasteiger partial charge < -0.3 is 31.4 Å². The lowest BCUT2D eigenvalue weighted by Gasteiger charge is -2.50. The maximum absolute atomic E-state index is 13.5. The second kappa shape index (κ2) is 11.5. The van der Waals surface area contributed by atoms with E-state index in [1.807, 2.05) is 0 Å². The summed E-state index contributed by atoms with van der Waals surface area (Å²) in [6.45, 7) is 2.89. The second-order valence-corrected chi connectivity index (χ2v) is 11.8. The van der Waals surface area contributed by atoms with E-state index in [-0.39, 0.29) is 28.9 Å². The van der Waals surface area contributed by atoms with E-state index in [2.05, 4.69) is 20.8 Å². The fourth-order valence-corrected chi connectivity index (χ4v) is 5.89. The maximum Gasteiger partial charge on any atom is 0.352 e. The van der Waals surface area contributed by atoms with Gasteiger partial charge in [-0.1, -0.05) is 5.16 Å². The second-order valence-electron chi connectivity index (χ2n) is 10.9. The van der Waals surface area contributed by atoms with Crippen molar-refractivity contribution in [3.05, 3.63) is 58.0 Å². The molecule has 230 valence electrons. The van der Waals surface area contributed by atoms with E-state index in [4.69, 9.17) is 10.6 Å². The fraction of sp³-hybridized carbons (Fsp3) is 0.357. The Morgan fingerprint density at radius 1 is 1.27 bits per heavy atom. The van der Waals surface area contributed by atoms with Crippen molar-refractivity contribution in [3.8, 4) is 0 Å². The van der Waals surface area contributed by atoms with Crippen LogP contribution < -0.4 is 20.9 Å². The van der Waals surface area contributed by atoms with Gasteiger partial charge in [0.25, 0.3) is 11.8 Å². The Balaban J connectivity index is 1.48. The summed E-state index contributed by atoms with van der Waals surface area (Å²) in [6.07, 6.45) is 4.49. The highest BCUT2D eigenvalue weighted by atomic mass is 32.1. The van der Waals surface area contributed by atoms with Crippen molar-refractivity contribution in [1.82, 2.24) is 20.5 Å². The van der Waals surface area contributed by atoms with Crippen molar-refractivity contribution >= 4 is 57.4 Å². The lowest BCUT2D eigenvalue weighted by Crippen LogP contribution is -2.72. The van der Waals surface area contributed by atoms with Crippen molar-refractivity contribution in [2.45, 2.75) is 50.8 Å². The lowest BCUT2D eigenvalue weighted by atomic mass is 9.79. The number of carbonyl (C=O) groups is 5. The minimum absolute atomic E-state index is 0.00833. The van der Waals surface area contributed by atoms with Crippen LogP contribution >= 0.6 is 11.3 Å². The Hall–Kier alpha value is -5.12. The smallest absolute Gasteiger partial charge is 0.352 e. The predicted octanol–water partition coefficient (Wildman–Crippen LogP) is -0.0645. The molecule has 0 radical (unpaired) electrons. The van der Waals surface area contributed by atoms with E-state index in [1.54, 1.807) is 36.1 Å².